The van der Waals surface area contributed by atoms with Crippen molar-refractivity contribution in [2.24, 2.45) is 0 Å². The molecule has 380 valence electrons. The van der Waals surface area contributed by atoms with E-state index >= 15 is 0 Å². The lowest BCUT2D eigenvalue weighted by Crippen LogP contribution is -2.36. The van der Waals surface area contributed by atoms with Crippen LogP contribution in [0.4, 0.5) is 0 Å². The first kappa shape index (κ1) is 61.3. The van der Waals surface area contributed by atoms with E-state index < -0.39 is 0 Å². The van der Waals surface area contributed by atoms with Crippen LogP contribution in [0, 0.1) is 0 Å². The lowest BCUT2D eigenvalue weighted by atomic mass is 9.98. The quantitative estimate of drug-likeness (QED) is 0.0347. The van der Waals surface area contributed by atoms with Crippen LogP contribution >= 0.6 is 0 Å². The summed E-state index contributed by atoms with van der Waals surface area (Å²) in [5.41, 5.74) is 4.42. The Morgan fingerprint density at radius 3 is 1.23 bits per heavy atom. The molecule has 4 nitrogen and oxygen atoms in total. The molecule has 1 fully saturated rings. The molecular formula is C61H114N2O2. The third kappa shape index (κ3) is 38.9. The summed E-state index contributed by atoms with van der Waals surface area (Å²) in [5.74, 6) is 0.548. The second-order valence-corrected chi connectivity index (χ2v) is 20.7. The molecule has 0 aromatic heterocycles. The molecule has 0 atom stereocenters. The molecule has 0 saturated carbocycles. The summed E-state index contributed by atoms with van der Waals surface area (Å²) in [6, 6.07) is 0. The Morgan fingerprint density at radius 1 is 0.431 bits per heavy atom. The zero-order valence-corrected chi connectivity index (χ0v) is 44.9. The minimum Gasteiger partial charge on any atom is -0.342 e. The number of allylic oxidation sites excluding steroid dienone is 2. The van der Waals surface area contributed by atoms with Gasteiger partial charge in [0.1, 0.15) is 0 Å². The Balaban J connectivity index is 2.82. The van der Waals surface area contributed by atoms with Gasteiger partial charge in [-0.05, 0) is 89.7 Å². The van der Waals surface area contributed by atoms with Gasteiger partial charge in [-0.3, -0.25) is 14.5 Å². The monoisotopic (exact) mass is 907 g/mol. The molecule has 1 rings (SSSR count). The van der Waals surface area contributed by atoms with E-state index in [0.717, 1.165) is 58.3 Å². The molecule has 1 saturated heterocycles. The second kappa shape index (κ2) is 47.4. The fourth-order valence-corrected chi connectivity index (χ4v) is 9.90. The number of rotatable bonds is 48. The van der Waals surface area contributed by atoms with E-state index in [9.17, 15) is 9.59 Å². The van der Waals surface area contributed by atoms with E-state index in [2.05, 4.69) is 56.6 Å². The van der Waals surface area contributed by atoms with E-state index in [1.165, 1.54) is 249 Å². The molecule has 0 bridgehead atoms. The Morgan fingerprint density at radius 2 is 0.800 bits per heavy atom. The van der Waals surface area contributed by atoms with Crippen molar-refractivity contribution in [1.82, 2.24) is 9.80 Å². The Hall–Kier alpha value is -1.68. The van der Waals surface area contributed by atoms with Gasteiger partial charge in [0, 0.05) is 26.1 Å². The summed E-state index contributed by atoms with van der Waals surface area (Å²) in [4.78, 5) is 31.9. The number of carbonyl (C=O) groups is 2. The van der Waals surface area contributed by atoms with Gasteiger partial charge in [0.25, 0.3) is 0 Å². The standard InChI is InChI=1S/C61H114N2O2/c1-6-11-16-21-26-30-35-40-45-58(44-39-34-29-24-19-14-9-4)48-52-62(51-41-36-31-25-20-15-10-5)56-60(64)55-59-49-53-63(54-50-59)61(65)47-46-57(42-37-32-27-22-17-12-7-2)43-38-33-28-23-18-13-8-3/h45-46,55H,6-44,47-54,56H2,1-5H3/b58-45+. The fourth-order valence-electron chi connectivity index (χ4n) is 9.90. The Kier molecular flexibility index (Phi) is 44.7. The average molecular weight is 908 g/mol. The van der Waals surface area contributed by atoms with Crippen molar-refractivity contribution in [2.75, 3.05) is 32.7 Å². The lowest BCUT2D eigenvalue weighted by molar-refractivity contribution is -0.130. The molecule has 1 aliphatic rings. The molecule has 1 heterocycles. The zero-order chi connectivity index (χ0) is 47.1. The molecule has 65 heavy (non-hydrogen) atoms. The van der Waals surface area contributed by atoms with Gasteiger partial charge in [0.05, 0.1) is 6.54 Å². The van der Waals surface area contributed by atoms with Crippen LogP contribution in [0.25, 0.3) is 0 Å². The number of likely N-dealkylation sites (tertiary alicyclic amines) is 1. The van der Waals surface area contributed by atoms with Gasteiger partial charge in [0.2, 0.25) is 5.91 Å². The van der Waals surface area contributed by atoms with Crippen molar-refractivity contribution in [3.8, 4) is 0 Å². The number of hydrogen-bond donors (Lipinski definition) is 0. The van der Waals surface area contributed by atoms with Crippen LogP contribution < -0.4 is 0 Å². The fraction of sp³-hybridized carbons (Fsp3) is 0.869. The van der Waals surface area contributed by atoms with Crippen molar-refractivity contribution in [3.63, 3.8) is 0 Å². The lowest BCUT2D eigenvalue weighted by Gasteiger charge is -2.28. The van der Waals surface area contributed by atoms with Gasteiger partial charge in [-0.15, -0.1) is 0 Å². The highest BCUT2D eigenvalue weighted by molar-refractivity contribution is 5.92. The highest BCUT2D eigenvalue weighted by Gasteiger charge is 2.20. The summed E-state index contributed by atoms with van der Waals surface area (Å²) in [7, 11) is 0. The minimum atomic E-state index is 0.270. The first-order valence-electron chi connectivity index (χ1n) is 29.5. The van der Waals surface area contributed by atoms with Gasteiger partial charge in [-0.25, -0.2) is 0 Å². The predicted molar refractivity (Wildman–Crippen MR) is 289 cm³/mol. The third-order valence-electron chi connectivity index (χ3n) is 14.4. The third-order valence-corrected chi connectivity index (χ3v) is 14.4. The number of ketones is 1. The topological polar surface area (TPSA) is 40.6 Å². The molecule has 0 aromatic rings. The predicted octanol–water partition coefficient (Wildman–Crippen LogP) is 19.4. The number of nitrogens with zero attached hydrogens (tertiary/aromatic N) is 2. The summed E-state index contributed by atoms with van der Waals surface area (Å²) in [6.45, 7) is 15.6. The zero-order valence-electron chi connectivity index (χ0n) is 44.9. The van der Waals surface area contributed by atoms with E-state index in [1.54, 1.807) is 5.57 Å². The summed E-state index contributed by atoms with van der Waals surface area (Å²) in [6.07, 6.45) is 62.0. The van der Waals surface area contributed by atoms with Crippen LogP contribution in [0.2, 0.25) is 0 Å². The maximum Gasteiger partial charge on any atom is 0.226 e. The minimum absolute atomic E-state index is 0.270. The molecule has 0 radical (unpaired) electrons. The highest BCUT2D eigenvalue weighted by Crippen LogP contribution is 2.23. The molecule has 0 spiro atoms. The largest absolute Gasteiger partial charge is 0.342 e. The van der Waals surface area contributed by atoms with Crippen molar-refractivity contribution < 1.29 is 9.59 Å². The molecule has 0 aliphatic carbocycles. The number of amides is 1. The molecule has 0 aromatic carbocycles. The number of hydrogen-bond acceptors (Lipinski definition) is 3. The highest BCUT2D eigenvalue weighted by atomic mass is 16.2. The summed E-state index contributed by atoms with van der Waals surface area (Å²) >= 11 is 0. The number of carbonyl (C=O) groups excluding carboxylic acids is 2. The van der Waals surface area contributed by atoms with E-state index in [0.29, 0.717) is 13.0 Å². The van der Waals surface area contributed by atoms with E-state index in [1.807, 2.05) is 6.08 Å². The SMILES string of the molecule is CCCCCCCCC/C=C(\CCCCCCCCC)CCN(CCCCCCCCC)CC(=O)C=C1CCN(C(=O)CC=C(CCCCCCCCC)CCCCCCCCC)CC1. The van der Waals surface area contributed by atoms with Gasteiger partial charge in [-0.2, -0.15) is 0 Å². The maximum atomic E-state index is 13.7. The molecule has 0 N–H and O–H groups in total. The van der Waals surface area contributed by atoms with Crippen molar-refractivity contribution in [2.45, 2.75) is 311 Å². The van der Waals surface area contributed by atoms with E-state index in [-0.39, 0.29) is 11.7 Å². The summed E-state index contributed by atoms with van der Waals surface area (Å²) in [5, 5.41) is 0. The van der Waals surface area contributed by atoms with Crippen LogP contribution in [0.1, 0.15) is 311 Å². The normalized spacial score (nSPS) is 13.3. The van der Waals surface area contributed by atoms with E-state index in [4.69, 9.17) is 0 Å². The van der Waals surface area contributed by atoms with Crippen LogP contribution in [0.5, 0.6) is 0 Å². The van der Waals surface area contributed by atoms with Crippen LogP contribution in [0.3, 0.4) is 0 Å². The maximum absolute atomic E-state index is 13.7. The average Bonchev–Trinajstić information content (AvgIpc) is 3.31. The second-order valence-electron chi connectivity index (χ2n) is 20.7. The van der Waals surface area contributed by atoms with Gasteiger partial charge in [0.15, 0.2) is 5.78 Å². The van der Waals surface area contributed by atoms with Gasteiger partial charge in [-0.1, -0.05) is 256 Å². The van der Waals surface area contributed by atoms with Crippen molar-refractivity contribution in [1.29, 1.82) is 0 Å². The number of piperidine rings is 1. The van der Waals surface area contributed by atoms with Gasteiger partial charge >= 0.3 is 0 Å². The Labute approximate surface area is 407 Å². The molecule has 4 heteroatoms. The van der Waals surface area contributed by atoms with Gasteiger partial charge < -0.3 is 4.90 Å². The number of unbranched alkanes of at least 4 members (excludes halogenated alkanes) is 31. The molecule has 1 aliphatic heterocycles. The van der Waals surface area contributed by atoms with Crippen LogP contribution in [-0.2, 0) is 9.59 Å². The van der Waals surface area contributed by atoms with Crippen molar-refractivity contribution >= 4 is 11.7 Å². The first-order valence-corrected chi connectivity index (χ1v) is 29.5. The van der Waals surface area contributed by atoms with Crippen LogP contribution in [0.15, 0.2) is 34.9 Å². The molecule has 0 unspecified atom stereocenters. The van der Waals surface area contributed by atoms with Crippen LogP contribution in [-0.4, -0.2) is 54.2 Å². The molecule has 1 amide bonds. The summed E-state index contributed by atoms with van der Waals surface area (Å²) < 4.78 is 0. The molecular weight excluding hydrogens is 793 g/mol. The first-order chi connectivity index (χ1) is 32.0. The Bertz CT molecular complexity index is 1140. The van der Waals surface area contributed by atoms with Crippen molar-refractivity contribution in [3.05, 3.63) is 34.9 Å². The smallest absolute Gasteiger partial charge is 0.226 e.